The molecule has 8 heteroatoms. The van der Waals surface area contributed by atoms with Crippen LogP contribution in [0.25, 0.3) is 11.0 Å². The van der Waals surface area contributed by atoms with Crippen molar-refractivity contribution in [1.29, 1.82) is 0 Å². The van der Waals surface area contributed by atoms with Crippen LogP contribution >= 0.6 is 0 Å². The van der Waals surface area contributed by atoms with Gasteiger partial charge in [-0.05, 0) is 44.0 Å². The van der Waals surface area contributed by atoms with Gasteiger partial charge in [-0.3, -0.25) is 9.13 Å². The summed E-state index contributed by atoms with van der Waals surface area (Å²) >= 11 is 0. The molecule has 0 aliphatic heterocycles. The summed E-state index contributed by atoms with van der Waals surface area (Å²) in [7, 11) is -2.09. The second-order valence-corrected chi connectivity index (χ2v) is 9.02. The number of hydrogen-bond acceptors (Lipinski definition) is 3. The van der Waals surface area contributed by atoms with E-state index in [1.165, 1.54) is 27.3 Å². The van der Waals surface area contributed by atoms with Gasteiger partial charge in [0.1, 0.15) is 5.82 Å². The summed E-state index contributed by atoms with van der Waals surface area (Å²) in [5.41, 5.74) is 0.732. The van der Waals surface area contributed by atoms with E-state index in [1.807, 2.05) is 6.92 Å². The van der Waals surface area contributed by atoms with Gasteiger partial charge in [-0.2, -0.15) is 0 Å². The Morgan fingerprint density at radius 3 is 2.52 bits per heavy atom. The van der Waals surface area contributed by atoms with Gasteiger partial charge in [-0.1, -0.05) is 18.2 Å². The SMILES string of the molecule is Cn1c(=O)n(Cc2ccccc2F)c2ccc(S(=O)(=O)NC3(C)CC3)cc21. The van der Waals surface area contributed by atoms with Gasteiger partial charge >= 0.3 is 5.69 Å². The molecular formula is C19H20FN3O3S. The van der Waals surface area contributed by atoms with Crippen LogP contribution in [0.4, 0.5) is 4.39 Å². The van der Waals surface area contributed by atoms with Crippen LogP contribution in [0.5, 0.6) is 0 Å². The lowest BCUT2D eigenvalue weighted by atomic mass is 10.2. The molecule has 1 heterocycles. The average Bonchev–Trinajstić information content (AvgIpc) is 3.29. The van der Waals surface area contributed by atoms with E-state index >= 15 is 0 Å². The number of nitrogens with zero attached hydrogens (tertiary/aromatic N) is 2. The molecule has 0 atom stereocenters. The molecule has 1 saturated carbocycles. The molecule has 1 aliphatic carbocycles. The minimum Gasteiger partial charge on any atom is -0.295 e. The van der Waals surface area contributed by atoms with Gasteiger partial charge in [0, 0.05) is 18.2 Å². The van der Waals surface area contributed by atoms with Crippen molar-refractivity contribution >= 4 is 21.1 Å². The summed E-state index contributed by atoms with van der Waals surface area (Å²) in [6, 6.07) is 10.8. The molecule has 1 fully saturated rings. The number of rotatable bonds is 5. The van der Waals surface area contributed by atoms with Crippen molar-refractivity contribution in [3.8, 4) is 0 Å². The third-order valence-corrected chi connectivity index (χ3v) is 6.73. The third kappa shape index (κ3) is 3.19. The van der Waals surface area contributed by atoms with Crippen molar-refractivity contribution in [1.82, 2.24) is 13.9 Å². The van der Waals surface area contributed by atoms with Gasteiger partial charge in [0.25, 0.3) is 0 Å². The zero-order chi connectivity index (χ0) is 19.4. The maximum absolute atomic E-state index is 14.0. The Kier molecular flexibility index (Phi) is 4.01. The van der Waals surface area contributed by atoms with E-state index in [0.29, 0.717) is 16.6 Å². The summed E-state index contributed by atoms with van der Waals surface area (Å²) in [4.78, 5) is 12.8. The molecular weight excluding hydrogens is 369 g/mol. The van der Waals surface area contributed by atoms with E-state index in [1.54, 1.807) is 31.3 Å². The van der Waals surface area contributed by atoms with Gasteiger partial charge in [0.2, 0.25) is 10.0 Å². The topological polar surface area (TPSA) is 73.1 Å². The number of hydrogen-bond donors (Lipinski definition) is 1. The van der Waals surface area contributed by atoms with Gasteiger partial charge < -0.3 is 0 Å². The fourth-order valence-corrected chi connectivity index (χ4v) is 4.66. The predicted molar refractivity (Wildman–Crippen MR) is 101 cm³/mol. The number of sulfonamides is 1. The van der Waals surface area contributed by atoms with E-state index in [2.05, 4.69) is 4.72 Å². The van der Waals surface area contributed by atoms with Crippen molar-refractivity contribution in [2.75, 3.05) is 0 Å². The lowest BCUT2D eigenvalue weighted by molar-refractivity contribution is 0.558. The summed E-state index contributed by atoms with van der Waals surface area (Å²) in [5.74, 6) is -0.387. The zero-order valence-electron chi connectivity index (χ0n) is 15.1. The molecule has 0 radical (unpaired) electrons. The molecule has 0 saturated heterocycles. The van der Waals surface area contributed by atoms with Crippen LogP contribution in [0.1, 0.15) is 25.3 Å². The van der Waals surface area contributed by atoms with Crippen LogP contribution in [-0.4, -0.2) is 23.1 Å². The van der Waals surface area contributed by atoms with E-state index in [-0.39, 0.29) is 28.5 Å². The van der Waals surface area contributed by atoms with Crippen molar-refractivity contribution in [2.24, 2.45) is 7.05 Å². The molecule has 0 bridgehead atoms. The van der Waals surface area contributed by atoms with Gasteiger partial charge in [0.15, 0.2) is 0 Å². The minimum atomic E-state index is -3.67. The summed E-state index contributed by atoms with van der Waals surface area (Å²) < 4.78 is 44.7. The standard InChI is InChI=1S/C19H20FN3O3S/c1-19(9-10-19)21-27(25,26)14-7-8-16-17(11-14)22(2)18(24)23(16)12-13-5-3-4-6-15(13)20/h3-8,11,21H,9-10,12H2,1-2H3. The molecule has 27 heavy (non-hydrogen) atoms. The maximum Gasteiger partial charge on any atom is 0.329 e. The molecule has 1 aliphatic rings. The Morgan fingerprint density at radius 1 is 1.15 bits per heavy atom. The largest absolute Gasteiger partial charge is 0.329 e. The Labute approximate surface area is 156 Å². The van der Waals surface area contributed by atoms with Crippen LogP contribution in [0.15, 0.2) is 52.2 Å². The number of nitrogens with one attached hydrogen (secondary N) is 1. The number of fused-ring (bicyclic) bond motifs is 1. The van der Waals surface area contributed by atoms with E-state index < -0.39 is 10.0 Å². The fourth-order valence-electron chi connectivity index (χ4n) is 3.18. The predicted octanol–water partition coefficient (Wildman–Crippen LogP) is 2.36. The molecule has 1 N–H and O–H groups in total. The highest BCUT2D eigenvalue weighted by molar-refractivity contribution is 7.89. The second kappa shape index (κ2) is 6.03. The molecule has 0 amide bonds. The highest BCUT2D eigenvalue weighted by Crippen LogP contribution is 2.36. The number of aromatic nitrogens is 2. The van der Waals surface area contributed by atoms with Crippen molar-refractivity contribution in [3.63, 3.8) is 0 Å². The molecule has 4 rings (SSSR count). The van der Waals surface area contributed by atoms with Crippen LogP contribution in [0, 0.1) is 5.82 Å². The first-order valence-corrected chi connectivity index (χ1v) is 10.2. The lowest BCUT2D eigenvalue weighted by Crippen LogP contribution is -2.34. The lowest BCUT2D eigenvalue weighted by Gasteiger charge is -2.12. The van der Waals surface area contributed by atoms with E-state index in [9.17, 15) is 17.6 Å². The second-order valence-electron chi connectivity index (χ2n) is 7.34. The van der Waals surface area contributed by atoms with Crippen LogP contribution < -0.4 is 10.4 Å². The Balaban J connectivity index is 1.79. The quantitative estimate of drug-likeness (QED) is 0.728. The molecule has 2 aromatic carbocycles. The first kappa shape index (κ1) is 17.9. The average molecular weight is 389 g/mol. The smallest absolute Gasteiger partial charge is 0.295 e. The normalized spacial score (nSPS) is 16.0. The van der Waals surface area contributed by atoms with Gasteiger partial charge in [-0.15, -0.1) is 0 Å². The van der Waals surface area contributed by atoms with Gasteiger partial charge in [0.05, 0.1) is 22.5 Å². The first-order chi connectivity index (χ1) is 12.7. The van der Waals surface area contributed by atoms with Crippen LogP contribution in [0.3, 0.4) is 0 Å². The molecule has 142 valence electrons. The van der Waals surface area contributed by atoms with Crippen molar-refractivity contribution < 1.29 is 12.8 Å². The monoisotopic (exact) mass is 389 g/mol. The highest BCUT2D eigenvalue weighted by atomic mass is 32.2. The molecule has 3 aromatic rings. The number of halogens is 1. The minimum absolute atomic E-state index is 0.0747. The molecule has 1 aromatic heterocycles. The van der Waals surface area contributed by atoms with Gasteiger partial charge in [-0.25, -0.2) is 22.3 Å². The Morgan fingerprint density at radius 2 is 1.85 bits per heavy atom. The summed E-state index contributed by atoms with van der Waals surface area (Å²) in [6.45, 7) is 1.94. The number of aryl methyl sites for hydroxylation is 1. The first-order valence-electron chi connectivity index (χ1n) is 8.67. The maximum atomic E-state index is 14.0. The Hall–Kier alpha value is -2.45. The zero-order valence-corrected chi connectivity index (χ0v) is 15.9. The summed E-state index contributed by atoms with van der Waals surface area (Å²) in [6.07, 6.45) is 1.62. The summed E-state index contributed by atoms with van der Waals surface area (Å²) in [5, 5.41) is 0. The van der Waals surface area contributed by atoms with Crippen LogP contribution in [-0.2, 0) is 23.6 Å². The molecule has 6 nitrogen and oxygen atoms in total. The highest BCUT2D eigenvalue weighted by Gasteiger charge is 2.41. The third-order valence-electron chi connectivity index (χ3n) is 5.09. The molecule has 0 spiro atoms. The van der Waals surface area contributed by atoms with E-state index in [0.717, 1.165) is 12.8 Å². The van der Waals surface area contributed by atoms with E-state index in [4.69, 9.17) is 0 Å². The molecule has 0 unspecified atom stereocenters. The Bertz CT molecular complexity index is 1210. The van der Waals surface area contributed by atoms with Crippen molar-refractivity contribution in [3.05, 3.63) is 64.3 Å². The van der Waals surface area contributed by atoms with Crippen LogP contribution in [0.2, 0.25) is 0 Å². The number of benzene rings is 2. The fraction of sp³-hybridized carbons (Fsp3) is 0.316. The number of imidazole rings is 1. The van der Waals surface area contributed by atoms with Crippen molar-refractivity contribution in [2.45, 2.75) is 36.7 Å².